The fourth-order valence-corrected chi connectivity index (χ4v) is 5.38. The number of anilines is 1. The Morgan fingerprint density at radius 1 is 1.21 bits per heavy atom. The number of rotatable bonds is 6. The first-order valence-electron chi connectivity index (χ1n) is 11.1. The van der Waals surface area contributed by atoms with E-state index in [1.54, 1.807) is 12.3 Å². The van der Waals surface area contributed by atoms with E-state index in [-0.39, 0.29) is 18.1 Å². The molecule has 0 radical (unpaired) electrons. The molecule has 1 aliphatic carbocycles. The summed E-state index contributed by atoms with van der Waals surface area (Å²) in [5.41, 5.74) is 0.833. The Morgan fingerprint density at radius 3 is 2.58 bits per heavy atom. The summed E-state index contributed by atoms with van der Waals surface area (Å²) in [6.07, 6.45) is 2.86. The highest BCUT2D eigenvalue weighted by molar-refractivity contribution is 7.15. The number of carbonyl (C=O) groups excluding carboxylic acids is 4. The van der Waals surface area contributed by atoms with E-state index in [9.17, 15) is 19.2 Å². The number of urea groups is 1. The monoisotopic (exact) mass is 469 g/mol. The van der Waals surface area contributed by atoms with Gasteiger partial charge in [-0.1, -0.05) is 37.3 Å². The van der Waals surface area contributed by atoms with E-state index in [0.717, 1.165) is 23.3 Å². The molecule has 1 aromatic carbocycles. The molecule has 0 atom stereocenters. The van der Waals surface area contributed by atoms with Crippen molar-refractivity contribution < 1.29 is 23.9 Å². The number of amides is 4. The molecule has 2 aromatic rings. The zero-order chi connectivity index (χ0) is 23.6. The number of hydrogen-bond acceptors (Lipinski definition) is 6. The average molecular weight is 470 g/mol. The van der Waals surface area contributed by atoms with Crippen LogP contribution in [0.2, 0.25) is 0 Å². The SMILES string of the molecule is CCOC(=O)c1c(-c2ccccc2)csc1NC(=O)CN1C(=O)NC2(CCC(C)CC2)C1=O. The molecule has 2 N–H and O–H groups in total. The van der Waals surface area contributed by atoms with Crippen molar-refractivity contribution in [1.82, 2.24) is 10.2 Å². The lowest BCUT2D eigenvalue weighted by Gasteiger charge is -2.33. The van der Waals surface area contributed by atoms with Crippen LogP contribution < -0.4 is 10.6 Å². The van der Waals surface area contributed by atoms with E-state index in [4.69, 9.17) is 4.74 Å². The molecule has 8 nitrogen and oxygen atoms in total. The molecule has 4 amide bonds. The average Bonchev–Trinajstić information content (AvgIpc) is 3.31. The van der Waals surface area contributed by atoms with Gasteiger partial charge in [-0.2, -0.15) is 0 Å². The Morgan fingerprint density at radius 2 is 1.91 bits per heavy atom. The molecule has 1 aromatic heterocycles. The van der Waals surface area contributed by atoms with Crippen molar-refractivity contribution in [1.29, 1.82) is 0 Å². The van der Waals surface area contributed by atoms with Gasteiger partial charge in [-0.25, -0.2) is 9.59 Å². The first-order chi connectivity index (χ1) is 15.8. The molecule has 0 unspecified atom stereocenters. The summed E-state index contributed by atoms with van der Waals surface area (Å²) in [6, 6.07) is 8.79. The number of nitrogens with zero attached hydrogens (tertiary/aromatic N) is 1. The standard InChI is InChI=1S/C24H27N3O5S/c1-3-32-21(29)19-17(16-7-5-4-6-8-16)14-33-20(19)25-18(28)13-27-22(30)24(26-23(27)31)11-9-15(2)10-12-24/h4-8,14-15H,3,9-13H2,1-2H3,(H,25,28)(H,26,31). The predicted molar refractivity (Wildman–Crippen MR) is 125 cm³/mol. The van der Waals surface area contributed by atoms with Crippen molar-refractivity contribution in [2.75, 3.05) is 18.5 Å². The first-order valence-corrected chi connectivity index (χ1v) is 12.0. The minimum Gasteiger partial charge on any atom is -0.462 e. The van der Waals surface area contributed by atoms with Crippen molar-refractivity contribution in [2.24, 2.45) is 5.92 Å². The topological polar surface area (TPSA) is 105 Å². The molecule has 9 heteroatoms. The van der Waals surface area contributed by atoms with Crippen LogP contribution in [0.4, 0.5) is 9.80 Å². The fourth-order valence-electron chi connectivity index (χ4n) is 4.41. The van der Waals surface area contributed by atoms with Crippen LogP contribution in [0.15, 0.2) is 35.7 Å². The van der Waals surface area contributed by atoms with Crippen LogP contribution in [-0.2, 0) is 14.3 Å². The van der Waals surface area contributed by atoms with Crippen molar-refractivity contribution in [3.8, 4) is 11.1 Å². The Balaban J connectivity index is 1.52. The molecular weight excluding hydrogens is 442 g/mol. The van der Waals surface area contributed by atoms with Gasteiger partial charge in [-0.05, 0) is 44.1 Å². The van der Waals surface area contributed by atoms with Gasteiger partial charge in [0.25, 0.3) is 5.91 Å². The third-order valence-corrected chi connectivity index (χ3v) is 7.18. The predicted octanol–water partition coefficient (Wildman–Crippen LogP) is 4.03. The highest BCUT2D eigenvalue weighted by Crippen LogP contribution is 2.38. The number of ether oxygens (including phenoxy) is 1. The molecule has 1 saturated carbocycles. The quantitative estimate of drug-likeness (QED) is 0.491. The fraction of sp³-hybridized carbons (Fsp3) is 0.417. The molecular formula is C24H27N3O5S. The molecule has 4 rings (SSSR count). The Hall–Kier alpha value is -3.20. The summed E-state index contributed by atoms with van der Waals surface area (Å²) >= 11 is 1.20. The summed E-state index contributed by atoms with van der Waals surface area (Å²) in [7, 11) is 0. The van der Waals surface area contributed by atoms with Gasteiger partial charge < -0.3 is 15.4 Å². The van der Waals surface area contributed by atoms with Gasteiger partial charge in [-0.15, -0.1) is 11.3 Å². The second-order valence-corrected chi connectivity index (χ2v) is 9.45. The van der Waals surface area contributed by atoms with Gasteiger partial charge in [0.2, 0.25) is 5.91 Å². The van der Waals surface area contributed by atoms with E-state index in [1.807, 2.05) is 30.3 Å². The lowest BCUT2D eigenvalue weighted by atomic mass is 9.77. The largest absolute Gasteiger partial charge is 0.462 e. The Kier molecular flexibility index (Phi) is 6.51. The molecule has 1 spiro atoms. The maximum Gasteiger partial charge on any atom is 0.341 e. The van der Waals surface area contributed by atoms with Crippen LogP contribution in [-0.4, -0.2) is 47.4 Å². The molecule has 2 aliphatic rings. The number of esters is 1. The number of hydrogen-bond donors (Lipinski definition) is 2. The van der Waals surface area contributed by atoms with Crippen molar-refractivity contribution in [3.63, 3.8) is 0 Å². The van der Waals surface area contributed by atoms with Gasteiger partial charge in [0.05, 0.1) is 6.61 Å². The van der Waals surface area contributed by atoms with Crippen molar-refractivity contribution >= 4 is 40.2 Å². The second-order valence-electron chi connectivity index (χ2n) is 8.57. The van der Waals surface area contributed by atoms with Crippen molar-refractivity contribution in [3.05, 3.63) is 41.3 Å². The van der Waals surface area contributed by atoms with E-state index in [2.05, 4.69) is 17.6 Å². The number of benzene rings is 1. The summed E-state index contributed by atoms with van der Waals surface area (Å²) in [6.45, 7) is 3.62. The number of carbonyl (C=O) groups is 4. The van der Waals surface area contributed by atoms with Gasteiger partial charge in [0, 0.05) is 10.9 Å². The smallest absolute Gasteiger partial charge is 0.341 e. The minimum absolute atomic E-state index is 0.194. The highest BCUT2D eigenvalue weighted by atomic mass is 32.1. The van der Waals surface area contributed by atoms with Crippen LogP contribution in [0.25, 0.3) is 11.1 Å². The van der Waals surface area contributed by atoms with Gasteiger partial charge >= 0.3 is 12.0 Å². The second kappa shape index (κ2) is 9.35. The van der Waals surface area contributed by atoms with Crippen LogP contribution in [0.5, 0.6) is 0 Å². The maximum absolute atomic E-state index is 13.0. The zero-order valence-corrected chi connectivity index (χ0v) is 19.5. The third kappa shape index (κ3) is 4.50. The number of imide groups is 1. The molecule has 2 heterocycles. The minimum atomic E-state index is -0.899. The van der Waals surface area contributed by atoms with E-state index >= 15 is 0 Å². The normalized spacial score (nSPS) is 22.4. The lowest BCUT2D eigenvalue weighted by Crippen LogP contribution is -2.49. The van der Waals surface area contributed by atoms with Gasteiger partial charge in [0.15, 0.2) is 0 Å². The van der Waals surface area contributed by atoms with E-state index in [1.165, 1.54) is 11.3 Å². The van der Waals surface area contributed by atoms with E-state index < -0.39 is 30.0 Å². The maximum atomic E-state index is 13.0. The van der Waals surface area contributed by atoms with Crippen LogP contribution in [0, 0.1) is 5.92 Å². The molecule has 1 saturated heterocycles. The van der Waals surface area contributed by atoms with Crippen LogP contribution >= 0.6 is 11.3 Å². The van der Waals surface area contributed by atoms with Crippen LogP contribution in [0.1, 0.15) is 49.9 Å². The summed E-state index contributed by atoms with van der Waals surface area (Å²) in [5, 5.41) is 7.63. The van der Waals surface area contributed by atoms with Gasteiger partial charge in [0.1, 0.15) is 22.6 Å². The molecule has 1 aliphatic heterocycles. The summed E-state index contributed by atoms with van der Waals surface area (Å²) in [5.74, 6) is -0.933. The van der Waals surface area contributed by atoms with E-state index in [0.29, 0.717) is 29.3 Å². The Labute approximate surface area is 196 Å². The third-order valence-electron chi connectivity index (χ3n) is 6.28. The first kappa shape index (κ1) is 23.0. The summed E-state index contributed by atoms with van der Waals surface area (Å²) < 4.78 is 5.21. The van der Waals surface area contributed by atoms with Crippen LogP contribution in [0.3, 0.4) is 0 Å². The highest BCUT2D eigenvalue weighted by Gasteiger charge is 2.52. The molecule has 33 heavy (non-hydrogen) atoms. The number of nitrogens with one attached hydrogen (secondary N) is 2. The lowest BCUT2D eigenvalue weighted by molar-refractivity contribution is -0.135. The van der Waals surface area contributed by atoms with Gasteiger partial charge in [-0.3, -0.25) is 14.5 Å². The zero-order valence-electron chi connectivity index (χ0n) is 18.7. The Bertz CT molecular complexity index is 1070. The number of thiophene rings is 1. The molecule has 174 valence electrons. The summed E-state index contributed by atoms with van der Waals surface area (Å²) in [4.78, 5) is 52.0. The van der Waals surface area contributed by atoms with Crippen molar-refractivity contribution in [2.45, 2.75) is 45.1 Å². The molecule has 0 bridgehead atoms. The molecule has 2 fully saturated rings.